The van der Waals surface area contributed by atoms with E-state index in [1.807, 2.05) is 19.9 Å². The normalized spacial score (nSPS) is 53.9. The third-order valence-corrected chi connectivity index (χ3v) is 14.1. The van der Waals surface area contributed by atoms with Crippen molar-refractivity contribution in [2.75, 3.05) is 13.2 Å². The molecule has 2 saturated heterocycles. The van der Waals surface area contributed by atoms with E-state index in [2.05, 4.69) is 26.8 Å². The third-order valence-electron chi connectivity index (χ3n) is 14.1. The summed E-state index contributed by atoms with van der Waals surface area (Å²) in [6.07, 6.45) is -4.31. The van der Waals surface area contributed by atoms with Crippen LogP contribution in [0.5, 0.6) is 0 Å². The number of allylic oxidation sites excluding steroid dienone is 1. The predicted molar refractivity (Wildman–Crippen MR) is 178 cm³/mol. The Morgan fingerprint density at radius 2 is 1.30 bits per heavy atom. The number of fused-ring (bicyclic) bond motifs is 5. The molecule has 2 heterocycles. The van der Waals surface area contributed by atoms with Crippen molar-refractivity contribution in [3.8, 4) is 0 Å². The summed E-state index contributed by atoms with van der Waals surface area (Å²) in [4.78, 5) is 0. The average Bonchev–Trinajstić information content (AvgIpc) is 3.34. The first-order valence-corrected chi connectivity index (χ1v) is 18.8. The van der Waals surface area contributed by atoms with Gasteiger partial charge in [0.25, 0.3) is 0 Å². The molecule has 0 bridgehead atoms. The highest BCUT2D eigenvalue weighted by atomic mass is 16.7. The molecule has 6 fully saturated rings. The van der Waals surface area contributed by atoms with Crippen LogP contribution in [0, 0.1) is 46.3 Å². The van der Waals surface area contributed by atoms with Crippen LogP contribution in [-0.2, 0) is 18.9 Å². The standard InChI is InChI=1S/C37H62O13/c1-17(2)26(50-34-31(45)29(43)25(41)16-48-34)7-6-18(3)20-13-22(38)32-36(20,5)11-9-27-35(4)10-8-19(12-21(35)23(39)14-37(27,32)46)49-33-30(44)28(42)24(40)15-47-33/h6-7,17-34,38-46H,8-16H2,1-5H3/b7-6+/t18-,19+,20-,21-,22-,23+,24?,25?,26?,27-,28?,29?,30?,31?,32-,33?,34?,35+,36-,37+/m1/s1. The van der Waals surface area contributed by atoms with E-state index in [4.69, 9.17) is 18.9 Å². The molecule has 9 unspecified atom stereocenters. The van der Waals surface area contributed by atoms with Gasteiger partial charge in [0.15, 0.2) is 12.6 Å². The maximum atomic E-state index is 12.8. The lowest BCUT2D eigenvalue weighted by molar-refractivity contribution is -0.300. The second kappa shape index (κ2) is 14.5. The minimum atomic E-state index is -1.39. The summed E-state index contributed by atoms with van der Waals surface area (Å²) in [5.41, 5.74) is -2.07. The van der Waals surface area contributed by atoms with Gasteiger partial charge in [0, 0.05) is 12.3 Å². The number of ether oxygens (including phenoxy) is 4. The van der Waals surface area contributed by atoms with Crippen molar-refractivity contribution in [3.05, 3.63) is 12.2 Å². The highest BCUT2D eigenvalue weighted by Gasteiger charge is 2.70. The zero-order valence-electron chi connectivity index (χ0n) is 30.1. The summed E-state index contributed by atoms with van der Waals surface area (Å²) < 4.78 is 23.2. The lowest BCUT2D eigenvalue weighted by Crippen LogP contribution is -2.68. The van der Waals surface area contributed by atoms with E-state index >= 15 is 0 Å². The molecule has 20 atom stereocenters. The van der Waals surface area contributed by atoms with E-state index in [0.29, 0.717) is 25.7 Å². The molecule has 4 saturated carbocycles. The summed E-state index contributed by atoms with van der Waals surface area (Å²) in [7, 11) is 0. The van der Waals surface area contributed by atoms with Gasteiger partial charge in [-0.25, -0.2) is 0 Å². The topological polar surface area (TPSA) is 219 Å². The number of hydrogen-bond acceptors (Lipinski definition) is 13. The van der Waals surface area contributed by atoms with E-state index in [1.165, 1.54) is 0 Å². The second-order valence-corrected chi connectivity index (χ2v) is 17.5. The van der Waals surface area contributed by atoms with Crippen LogP contribution in [0.4, 0.5) is 0 Å². The zero-order valence-corrected chi connectivity index (χ0v) is 30.1. The van der Waals surface area contributed by atoms with Crippen LogP contribution in [0.3, 0.4) is 0 Å². The largest absolute Gasteiger partial charge is 0.393 e. The highest BCUT2D eigenvalue weighted by Crippen LogP contribution is 2.69. The summed E-state index contributed by atoms with van der Waals surface area (Å²) in [5.74, 6) is -0.657. The molecule has 4 aliphatic carbocycles. The molecule has 0 aromatic carbocycles. The summed E-state index contributed by atoms with van der Waals surface area (Å²) in [6, 6.07) is 0. The molecular weight excluding hydrogens is 652 g/mol. The third kappa shape index (κ3) is 6.64. The number of aliphatic hydroxyl groups is 9. The molecule has 13 nitrogen and oxygen atoms in total. The van der Waals surface area contributed by atoms with E-state index in [0.717, 1.165) is 12.8 Å². The SMILES string of the molecule is CC(C)C(/C=C/[C@@H](C)[C@H]1C[C@@H](O)[C@@H]2[C@]1(C)CC[C@@H]1[C@@]3(C)CC[C@H](OC4OCC(O)C(O)C4O)C[C@@H]3[C@@H](O)C[C@]12O)OC1OCC(O)C(O)C1O. The average molecular weight is 715 g/mol. The molecular formula is C37H62O13. The molecule has 9 N–H and O–H groups in total. The van der Waals surface area contributed by atoms with Gasteiger partial charge in [-0.2, -0.15) is 0 Å². The molecule has 288 valence electrons. The fourth-order valence-electron chi connectivity index (χ4n) is 11.4. The Kier molecular flexibility index (Phi) is 11.3. The highest BCUT2D eigenvalue weighted by molar-refractivity contribution is 5.21. The van der Waals surface area contributed by atoms with Crippen LogP contribution in [0.1, 0.15) is 79.6 Å². The van der Waals surface area contributed by atoms with Crippen LogP contribution in [0.15, 0.2) is 12.2 Å². The lowest BCUT2D eigenvalue weighted by Gasteiger charge is -2.66. The predicted octanol–water partition coefficient (Wildman–Crippen LogP) is 0.199. The summed E-state index contributed by atoms with van der Waals surface area (Å²) in [5, 5.41) is 97.0. The van der Waals surface area contributed by atoms with Gasteiger partial charge < -0.3 is 64.9 Å². The van der Waals surface area contributed by atoms with Gasteiger partial charge in [-0.15, -0.1) is 0 Å². The molecule has 2 aliphatic heterocycles. The van der Waals surface area contributed by atoms with Crippen molar-refractivity contribution in [1.29, 1.82) is 0 Å². The van der Waals surface area contributed by atoms with Crippen LogP contribution in [-0.4, -0.2) is 138 Å². The van der Waals surface area contributed by atoms with Gasteiger partial charge in [-0.3, -0.25) is 0 Å². The Labute approximate surface area is 295 Å². The minimum Gasteiger partial charge on any atom is -0.393 e. The molecule has 13 heteroatoms. The van der Waals surface area contributed by atoms with Crippen molar-refractivity contribution in [2.24, 2.45) is 46.3 Å². The first-order valence-electron chi connectivity index (χ1n) is 18.8. The van der Waals surface area contributed by atoms with Gasteiger partial charge in [0.05, 0.1) is 43.2 Å². The Morgan fingerprint density at radius 1 is 0.700 bits per heavy atom. The van der Waals surface area contributed by atoms with E-state index in [1.54, 1.807) is 0 Å². The number of rotatable bonds is 8. The van der Waals surface area contributed by atoms with E-state index in [-0.39, 0.29) is 55.3 Å². The maximum absolute atomic E-state index is 12.8. The smallest absolute Gasteiger partial charge is 0.186 e. The van der Waals surface area contributed by atoms with Crippen LogP contribution in [0.2, 0.25) is 0 Å². The molecule has 0 aromatic rings. The zero-order chi connectivity index (χ0) is 36.5. The Hall–Kier alpha value is -0.780. The van der Waals surface area contributed by atoms with Crippen LogP contribution in [0.25, 0.3) is 0 Å². The van der Waals surface area contributed by atoms with Gasteiger partial charge in [-0.05, 0) is 78.9 Å². The van der Waals surface area contributed by atoms with Crippen molar-refractivity contribution in [1.82, 2.24) is 0 Å². The molecule has 6 rings (SSSR count). The summed E-state index contributed by atoms with van der Waals surface area (Å²) in [6.45, 7) is 10.1. The second-order valence-electron chi connectivity index (χ2n) is 17.5. The van der Waals surface area contributed by atoms with Gasteiger partial charge in [-0.1, -0.05) is 46.8 Å². The first-order chi connectivity index (χ1) is 23.4. The Morgan fingerprint density at radius 3 is 1.94 bits per heavy atom. The van der Waals surface area contributed by atoms with Crippen molar-refractivity contribution < 1.29 is 64.9 Å². The van der Waals surface area contributed by atoms with Crippen molar-refractivity contribution >= 4 is 0 Å². The Balaban J connectivity index is 1.15. The lowest BCUT2D eigenvalue weighted by atomic mass is 9.42. The van der Waals surface area contributed by atoms with Crippen LogP contribution >= 0.6 is 0 Å². The molecule has 0 spiro atoms. The van der Waals surface area contributed by atoms with E-state index < -0.39 is 89.9 Å². The fourth-order valence-corrected chi connectivity index (χ4v) is 11.4. The van der Waals surface area contributed by atoms with Crippen LogP contribution < -0.4 is 0 Å². The molecule has 0 aromatic heterocycles. The molecule has 50 heavy (non-hydrogen) atoms. The minimum absolute atomic E-state index is 0.00989. The monoisotopic (exact) mass is 714 g/mol. The van der Waals surface area contributed by atoms with Crippen molar-refractivity contribution in [3.63, 3.8) is 0 Å². The molecule has 0 radical (unpaired) electrons. The Bertz CT molecular complexity index is 1200. The fraction of sp³-hybridized carbons (Fsp3) is 0.946. The first kappa shape index (κ1) is 38.9. The number of hydrogen-bond donors (Lipinski definition) is 9. The molecule has 6 aliphatic rings. The molecule has 0 amide bonds. The van der Waals surface area contributed by atoms with E-state index in [9.17, 15) is 46.0 Å². The van der Waals surface area contributed by atoms with Gasteiger partial charge >= 0.3 is 0 Å². The van der Waals surface area contributed by atoms with Crippen molar-refractivity contribution in [2.45, 2.75) is 159 Å². The van der Waals surface area contributed by atoms with Gasteiger partial charge in [0.1, 0.15) is 36.6 Å². The van der Waals surface area contributed by atoms with Gasteiger partial charge in [0.2, 0.25) is 0 Å². The number of aliphatic hydroxyl groups excluding tert-OH is 8. The summed E-state index contributed by atoms with van der Waals surface area (Å²) >= 11 is 0. The maximum Gasteiger partial charge on any atom is 0.186 e. The quantitative estimate of drug-likeness (QED) is 0.121.